The summed E-state index contributed by atoms with van der Waals surface area (Å²) < 4.78 is 7.59. The van der Waals surface area contributed by atoms with Crippen LogP contribution in [0.25, 0.3) is 5.69 Å². The van der Waals surface area contributed by atoms with E-state index in [1.807, 2.05) is 51.1 Å². The Labute approximate surface area is 163 Å². The number of ether oxygens (including phenoxy) is 1. The molecule has 0 fully saturated rings. The van der Waals surface area contributed by atoms with E-state index in [0.29, 0.717) is 10.9 Å². The van der Waals surface area contributed by atoms with Gasteiger partial charge in [0.25, 0.3) is 0 Å². The van der Waals surface area contributed by atoms with Crippen molar-refractivity contribution in [2.75, 3.05) is 12.4 Å². The number of hydrogen-bond donors (Lipinski definition) is 1. The Morgan fingerprint density at radius 1 is 1.04 bits per heavy atom. The summed E-state index contributed by atoms with van der Waals surface area (Å²) in [6.07, 6.45) is -0.628. The molecule has 0 amide bonds. The number of thioether (sulfide) groups is 1. The fourth-order valence-electron chi connectivity index (χ4n) is 2.77. The predicted octanol–water partition coefficient (Wildman–Crippen LogP) is 3.43. The molecule has 0 aliphatic carbocycles. The second-order valence-corrected chi connectivity index (χ2v) is 7.58. The minimum absolute atomic E-state index is 0.226. The summed E-state index contributed by atoms with van der Waals surface area (Å²) in [5.74, 6) is 1.29. The maximum atomic E-state index is 10.4. The van der Waals surface area contributed by atoms with Gasteiger partial charge in [0.2, 0.25) is 5.16 Å². The summed E-state index contributed by atoms with van der Waals surface area (Å²) >= 11 is 1.41. The average Bonchev–Trinajstić information content (AvgIpc) is 3.12. The zero-order valence-corrected chi connectivity index (χ0v) is 16.8. The van der Waals surface area contributed by atoms with Gasteiger partial charge in [-0.25, -0.2) is 0 Å². The highest BCUT2D eigenvalue weighted by Gasteiger charge is 2.15. The Morgan fingerprint density at radius 3 is 2.56 bits per heavy atom. The molecule has 3 aromatic rings. The molecule has 0 radical (unpaired) electrons. The first-order valence-electron chi connectivity index (χ1n) is 8.82. The molecule has 0 aliphatic heterocycles. The first-order valence-corrected chi connectivity index (χ1v) is 9.80. The van der Waals surface area contributed by atoms with E-state index in [1.165, 1.54) is 17.3 Å². The van der Waals surface area contributed by atoms with Gasteiger partial charge in [0.05, 0.1) is 11.8 Å². The van der Waals surface area contributed by atoms with Crippen molar-refractivity contribution in [3.63, 3.8) is 0 Å². The SMILES string of the molecule is Cc1ccccc1-n1nnnc1SC[C@H](O)COc1c(C)ccc(C)c1C. The molecular formula is C20H24N4O2S. The van der Waals surface area contributed by atoms with Crippen LogP contribution in [0.2, 0.25) is 0 Å². The second kappa shape index (κ2) is 8.54. The van der Waals surface area contributed by atoms with Gasteiger partial charge in [-0.3, -0.25) is 0 Å². The van der Waals surface area contributed by atoms with Gasteiger partial charge >= 0.3 is 0 Å². The van der Waals surface area contributed by atoms with Crippen LogP contribution in [0, 0.1) is 27.7 Å². The number of nitrogens with zero attached hydrogens (tertiary/aromatic N) is 4. The van der Waals surface area contributed by atoms with Gasteiger partial charge in [-0.1, -0.05) is 42.1 Å². The smallest absolute Gasteiger partial charge is 0.214 e. The molecule has 3 rings (SSSR count). The Balaban J connectivity index is 1.61. The highest BCUT2D eigenvalue weighted by Crippen LogP contribution is 2.26. The molecule has 0 unspecified atom stereocenters. The zero-order valence-electron chi connectivity index (χ0n) is 16.0. The minimum Gasteiger partial charge on any atom is -0.490 e. The van der Waals surface area contributed by atoms with Crippen LogP contribution in [-0.4, -0.2) is 43.8 Å². The van der Waals surface area contributed by atoms with E-state index < -0.39 is 6.10 Å². The van der Waals surface area contributed by atoms with Gasteiger partial charge in [0, 0.05) is 5.75 Å². The highest BCUT2D eigenvalue weighted by atomic mass is 32.2. The van der Waals surface area contributed by atoms with Gasteiger partial charge in [0.1, 0.15) is 12.4 Å². The number of aromatic nitrogens is 4. The van der Waals surface area contributed by atoms with E-state index in [1.54, 1.807) is 4.68 Å². The number of aryl methyl sites for hydroxylation is 3. The number of aliphatic hydroxyl groups is 1. The third kappa shape index (κ3) is 4.48. The largest absolute Gasteiger partial charge is 0.490 e. The molecule has 0 bridgehead atoms. The van der Waals surface area contributed by atoms with Crippen LogP contribution >= 0.6 is 11.8 Å². The highest BCUT2D eigenvalue weighted by molar-refractivity contribution is 7.99. The minimum atomic E-state index is -0.628. The van der Waals surface area contributed by atoms with E-state index >= 15 is 0 Å². The number of para-hydroxylation sites is 1. The average molecular weight is 385 g/mol. The maximum Gasteiger partial charge on any atom is 0.214 e. The molecule has 0 spiro atoms. The van der Waals surface area contributed by atoms with E-state index in [0.717, 1.165) is 28.1 Å². The van der Waals surface area contributed by atoms with Gasteiger partial charge in [-0.15, -0.1) is 5.10 Å². The third-order valence-electron chi connectivity index (χ3n) is 4.48. The van der Waals surface area contributed by atoms with Gasteiger partial charge in [0.15, 0.2) is 0 Å². The molecule has 0 saturated carbocycles. The summed E-state index contributed by atoms with van der Waals surface area (Å²) in [5.41, 5.74) is 5.37. The van der Waals surface area contributed by atoms with Crippen LogP contribution in [0.1, 0.15) is 22.3 Å². The molecular weight excluding hydrogens is 360 g/mol. The van der Waals surface area contributed by atoms with Crippen molar-refractivity contribution in [1.82, 2.24) is 20.2 Å². The summed E-state index contributed by atoms with van der Waals surface area (Å²) in [6, 6.07) is 12.0. The lowest BCUT2D eigenvalue weighted by Gasteiger charge is -2.16. The standard InChI is InChI=1S/C20H24N4O2S/c1-13-9-10-15(3)19(16(13)4)26-11-17(25)12-27-20-21-22-23-24(20)18-8-6-5-7-14(18)2/h5-10,17,25H,11-12H2,1-4H3/t17-/m1/s1. The Kier molecular flexibility index (Phi) is 6.13. The summed E-state index contributed by atoms with van der Waals surface area (Å²) in [6.45, 7) is 8.35. The van der Waals surface area contributed by atoms with Crippen LogP contribution in [0.15, 0.2) is 41.6 Å². The normalized spacial score (nSPS) is 12.2. The molecule has 142 valence electrons. The van der Waals surface area contributed by atoms with Crippen LogP contribution in [0.4, 0.5) is 0 Å². The number of benzene rings is 2. The van der Waals surface area contributed by atoms with Gasteiger partial charge in [-0.05, 0) is 66.4 Å². The Morgan fingerprint density at radius 2 is 1.78 bits per heavy atom. The molecule has 1 atom stereocenters. The van der Waals surface area contributed by atoms with Crippen LogP contribution < -0.4 is 4.74 Å². The quantitative estimate of drug-likeness (QED) is 0.629. The molecule has 1 heterocycles. The Hall–Kier alpha value is -2.38. The summed E-state index contributed by atoms with van der Waals surface area (Å²) in [4.78, 5) is 0. The van der Waals surface area contributed by atoms with E-state index in [4.69, 9.17) is 4.74 Å². The molecule has 2 aromatic carbocycles. The Bertz CT molecular complexity index is 926. The van der Waals surface area contributed by atoms with Crippen molar-refractivity contribution in [2.24, 2.45) is 0 Å². The van der Waals surface area contributed by atoms with Gasteiger partial charge in [-0.2, -0.15) is 4.68 Å². The lowest BCUT2D eigenvalue weighted by Crippen LogP contribution is -2.21. The van der Waals surface area contributed by atoms with Crippen molar-refractivity contribution in [3.8, 4) is 11.4 Å². The van der Waals surface area contributed by atoms with E-state index in [9.17, 15) is 5.11 Å². The van der Waals surface area contributed by atoms with Crippen molar-refractivity contribution in [3.05, 3.63) is 58.7 Å². The number of aliphatic hydroxyl groups excluding tert-OH is 1. The van der Waals surface area contributed by atoms with Crippen molar-refractivity contribution in [2.45, 2.75) is 39.0 Å². The van der Waals surface area contributed by atoms with E-state index in [2.05, 4.69) is 28.5 Å². The molecule has 1 aromatic heterocycles. The molecule has 0 saturated heterocycles. The molecule has 7 heteroatoms. The van der Waals surface area contributed by atoms with Gasteiger partial charge < -0.3 is 9.84 Å². The molecule has 0 aliphatic rings. The van der Waals surface area contributed by atoms with Crippen molar-refractivity contribution in [1.29, 1.82) is 0 Å². The fraction of sp³-hybridized carbons (Fsp3) is 0.350. The molecule has 1 N–H and O–H groups in total. The molecule has 6 nitrogen and oxygen atoms in total. The van der Waals surface area contributed by atoms with E-state index in [-0.39, 0.29) is 6.61 Å². The summed E-state index contributed by atoms with van der Waals surface area (Å²) in [7, 11) is 0. The summed E-state index contributed by atoms with van der Waals surface area (Å²) in [5, 5.41) is 22.9. The second-order valence-electron chi connectivity index (χ2n) is 6.59. The fourth-order valence-corrected chi connectivity index (χ4v) is 3.56. The third-order valence-corrected chi connectivity index (χ3v) is 5.55. The van der Waals surface area contributed by atoms with Crippen LogP contribution in [0.3, 0.4) is 0 Å². The first-order chi connectivity index (χ1) is 13.0. The van der Waals surface area contributed by atoms with Crippen molar-refractivity contribution >= 4 is 11.8 Å². The van der Waals surface area contributed by atoms with Crippen molar-refractivity contribution < 1.29 is 9.84 Å². The zero-order chi connectivity index (χ0) is 19.4. The molecule has 27 heavy (non-hydrogen) atoms. The number of tetrazole rings is 1. The topological polar surface area (TPSA) is 73.1 Å². The number of hydrogen-bond acceptors (Lipinski definition) is 6. The number of rotatable bonds is 7. The predicted molar refractivity (Wildman–Crippen MR) is 107 cm³/mol. The lowest BCUT2D eigenvalue weighted by molar-refractivity contribution is 0.125. The maximum absolute atomic E-state index is 10.4. The van der Waals surface area contributed by atoms with Crippen LogP contribution in [-0.2, 0) is 0 Å². The van der Waals surface area contributed by atoms with Crippen LogP contribution in [0.5, 0.6) is 5.75 Å². The lowest BCUT2D eigenvalue weighted by atomic mass is 10.1. The first kappa shape index (κ1) is 19.4. The monoisotopic (exact) mass is 384 g/mol.